The largest absolute Gasteiger partial charge is 0.351 e. The molecule has 3 aromatic heterocycles. The first-order valence-electron chi connectivity index (χ1n) is 9.87. The number of thiocarbonyl (C=S) groups is 1. The first kappa shape index (κ1) is 18.5. The minimum absolute atomic E-state index is 0.0645. The number of aromatic nitrogens is 3. The van der Waals surface area contributed by atoms with Gasteiger partial charge in [0.2, 0.25) is 0 Å². The molecule has 5 nitrogen and oxygen atoms in total. The molecule has 0 radical (unpaired) electrons. The van der Waals surface area contributed by atoms with E-state index in [0.29, 0.717) is 5.11 Å². The van der Waals surface area contributed by atoms with Crippen LogP contribution in [0.1, 0.15) is 29.0 Å². The number of pyridine rings is 2. The Morgan fingerprint density at radius 3 is 2.50 bits per heavy atom. The van der Waals surface area contributed by atoms with E-state index >= 15 is 0 Å². The SMILES string of the molecule is Cc1ccc(N2C(=S)N[C@H](c3ccccn3)[C@@H]2c2cccn2-c2cccnc2)cc1. The number of hydrogen-bond acceptors (Lipinski definition) is 3. The standard InChI is InChI=1S/C24H21N5S/c1-17-9-11-18(12-10-17)29-23(22(27-24(29)30)20-7-2-3-14-26-20)21-8-5-15-28(21)19-6-4-13-25-16-19/h2-16,22-23H,1H3,(H,27,30)/t22-,23+/m1/s1. The van der Waals surface area contributed by atoms with E-state index in [1.54, 1.807) is 6.20 Å². The Labute approximate surface area is 181 Å². The van der Waals surface area contributed by atoms with E-state index in [1.165, 1.54) is 5.56 Å². The van der Waals surface area contributed by atoms with Crippen molar-refractivity contribution in [1.82, 2.24) is 19.9 Å². The molecular weight excluding hydrogens is 390 g/mol. The summed E-state index contributed by atoms with van der Waals surface area (Å²) in [6.07, 6.45) is 7.55. The molecule has 4 aromatic rings. The zero-order chi connectivity index (χ0) is 20.5. The van der Waals surface area contributed by atoms with Crippen molar-refractivity contribution in [3.8, 4) is 5.69 Å². The maximum absolute atomic E-state index is 5.81. The van der Waals surface area contributed by atoms with Gasteiger partial charge in [-0.1, -0.05) is 23.8 Å². The Morgan fingerprint density at radius 2 is 1.77 bits per heavy atom. The molecule has 6 heteroatoms. The van der Waals surface area contributed by atoms with E-state index in [9.17, 15) is 0 Å². The van der Waals surface area contributed by atoms with E-state index < -0.39 is 0 Å². The van der Waals surface area contributed by atoms with Gasteiger partial charge in [0.05, 0.1) is 23.6 Å². The number of anilines is 1. The lowest BCUT2D eigenvalue weighted by atomic mass is 10.0. The second-order valence-electron chi connectivity index (χ2n) is 7.35. The van der Waals surface area contributed by atoms with Gasteiger partial charge < -0.3 is 14.8 Å². The summed E-state index contributed by atoms with van der Waals surface area (Å²) in [7, 11) is 0. The minimum Gasteiger partial charge on any atom is -0.351 e. The molecule has 0 saturated carbocycles. The monoisotopic (exact) mass is 411 g/mol. The van der Waals surface area contributed by atoms with E-state index in [2.05, 4.69) is 80.3 Å². The summed E-state index contributed by atoms with van der Waals surface area (Å²) in [5, 5.41) is 4.21. The van der Waals surface area contributed by atoms with Gasteiger partial charge in [-0.3, -0.25) is 9.97 Å². The third-order valence-corrected chi connectivity index (χ3v) is 5.73. The molecule has 0 amide bonds. The summed E-state index contributed by atoms with van der Waals surface area (Å²) >= 11 is 5.81. The molecular formula is C24H21N5S. The van der Waals surface area contributed by atoms with Crippen LogP contribution in [0.4, 0.5) is 5.69 Å². The van der Waals surface area contributed by atoms with Gasteiger partial charge in [-0.2, -0.15) is 0 Å². The lowest BCUT2D eigenvalue weighted by Crippen LogP contribution is -2.30. The molecule has 1 fully saturated rings. The van der Waals surface area contributed by atoms with Crippen molar-refractivity contribution >= 4 is 23.0 Å². The van der Waals surface area contributed by atoms with Crippen LogP contribution in [0.2, 0.25) is 0 Å². The van der Waals surface area contributed by atoms with E-state index in [4.69, 9.17) is 12.2 Å². The van der Waals surface area contributed by atoms with Crippen molar-refractivity contribution in [2.75, 3.05) is 4.90 Å². The van der Waals surface area contributed by atoms with Crippen molar-refractivity contribution < 1.29 is 0 Å². The van der Waals surface area contributed by atoms with Crippen molar-refractivity contribution in [3.05, 3.63) is 108 Å². The van der Waals surface area contributed by atoms with Gasteiger partial charge in [0, 0.05) is 30.0 Å². The number of aryl methyl sites for hydroxylation is 1. The van der Waals surface area contributed by atoms with Crippen LogP contribution < -0.4 is 10.2 Å². The minimum atomic E-state index is -0.0784. The van der Waals surface area contributed by atoms with Gasteiger partial charge in [0.25, 0.3) is 0 Å². The Balaban J connectivity index is 1.67. The molecule has 0 spiro atoms. The van der Waals surface area contributed by atoms with E-state index in [0.717, 1.165) is 22.8 Å². The number of hydrogen-bond donors (Lipinski definition) is 1. The first-order valence-corrected chi connectivity index (χ1v) is 10.3. The third-order valence-electron chi connectivity index (χ3n) is 5.42. The summed E-state index contributed by atoms with van der Waals surface area (Å²) in [4.78, 5) is 11.1. The fraction of sp³-hybridized carbons (Fsp3) is 0.125. The molecule has 0 aliphatic carbocycles. The van der Waals surface area contributed by atoms with Crippen molar-refractivity contribution in [1.29, 1.82) is 0 Å². The Bertz CT molecular complexity index is 1160. The third kappa shape index (κ3) is 3.25. The maximum atomic E-state index is 5.81. The Morgan fingerprint density at radius 1 is 0.900 bits per heavy atom. The van der Waals surface area contributed by atoms with Crippen LogP contribution in [0, 0.1) is 6.92 Å². The van der Waals surface area contributed by atoms with Crippen molar-refractivity contribution in [2.45, 2.75) is 19.0 Å². The molecule has 2 atom stereocenters. The van der Waals surface area contributed by atoms with Gasteiger partial charge in [0.1, 0.15) is 6.04 Å². The molecule has 5 rings (SSSR count). The fourth-order valence-electron chi connectivity index (χ4n) is 4.01. The van der Waals surface area contributed by atoms with Crippen LogP contribution in [-0.4, -0.2) is 19.6 Å². The summed E-state index contributed by atoms with van der Waals surface area (Å²) in [5.41, 5.74) is 5.36. The maximum Gasteiger partial charge on any atom is 0.174 e. The highest BCUT2D eigenvalue weighted by molar-refractivity contribution is 7.80. The Hall–Kier alpha value is -3.51. The Kier molecular flexibility index (Phi) is 4.77. The molecule has 0 unspecified atom stereocenters. The highest BCUT2D eigenvalue weighted by atomic mass is 32.1. The topological polar surface area (TPSA) is 46.0 Å². The molecule has 1 aliphatic heterocycles. The van der Waals surface area contributed by atoms with Gasteiger partial charge in [0.15, 0.2) is 5.11 Å². The molecule has 1 aromatic carbocycles. The molecule has 30 heavy (non-hydrogen) atoms. The predicted octanol–water partition coefficient (Wildman–Crippen LogP) is 4.75. The lowest BCUT2D eigenvalue weighted by molar-refractivity contribution is 0.549. The summed E-state index contributed by atoms with van der Waals surface area (Å²) < 4.78 is 2.17. The van der Waals surface area contributed by atoms with Crippen LogP contribution in [-0.2, 0) is 0 Å². The summed E-state index contributed by atoms with van der Waals surface area (Å²) in [5.74, 6) is 0. The number of nitrogens with zero attached hydrogens (tertiary/aromatic N) is 4. The molecule has 0 bridgehead atoms. The second-order valence-corrected chi connectivity index (χ2v) is 7.73. The molecule has 148 valence electrons. The van der Waals surface area contributed by atoms with E-state index in [1.807, 2.05) is 36.7 Å². The van der Waals surface area contributed by atoms with Crippen molar-refractivity contribution in [3.63, 3.8) is 0 Å². The summed E-state index contributed by atoms with van der Waals surface area (Å²) in [6.45, 7) is 2.09. The molecule has 4 heterocycles. The molecule has 1 saturated heterocycles. The first-order chi connectivity index (χ1) is 14.7. The van der Waals surface area contributed by atoms with Crippen LogP contribution in [0.25, 0.3) is 5.69 Å². The lowest BCUT2D eigenvalue weighted by Gasteiger charge is -2.29. The molecule has 1 aliphatic rings. The van der Waals surface area contributed by atoms with Gasteiger partial charge in [-0.25, -0.2) is 0 Å². The quantitative estimate of drug-likeness (QED) is 0.491. The number of benzene rings is 1. The van der Waals surface area contributed by atoms with Crippen molar-refractivity contribution in [2.24, 2.45) is 0 Å². The van der Waals surface area contributed by atoms with Gasteiger partial charge >= 0.3 is 0 Å². The zero-order valence-electron chi connectivity index (χ0n) is 16.5. The number of rotatable bonds is 4. The second kappa shape index (κ2) is 7.72. The summed E-state index contributed by atoms with van der Waals surface area (Å²) in [6, 6.07) is 22.5. The highest BCUT2D eigenvalue weighted by Crippen LogP contribution is 2.42. The average molecular weight is 412 g/mol. The van der Waals surface area contributed by atoms with E-state index in [-0.39, 0.29) is 12.1 Å². The van der Waals surface area contributed by atoms with Crippen LogP contribution in [0.5, 0.6) is 0 Å². The van der Waals surface area contributed by atoms with Crippen LogP contribution in [0.3, 0.4) is 0 Å². The normalized spacial score (nSPS) is 18.4. The smallest absolute Gasteiger partial charge is 0.174 e. The highest BCUT2D eigenvalue weighted by Gasteiger charge is 2.42. The molecule has 1 N–H and O–H groups in total. The van der Waals surface area contributed by atoms with Gasteiger partial charge in [-0.15, -0.1) is 0 Å². The average Bonchev–Trinajstić information content (AvgIpc) is 3.40. The van der Waals surface area contributed by atoms with Crippen LogP contribution in [0.15, 0.2) is 91.5 Å². The van der Waals surface area contributed by atoms with Gasteiger partial charge in [-0.05, 0) is 67.7 Å². The van der Waals surface area contributed by atoms with Crippen LogP contribution >= 0.6 is 12.2 Å². The zero-order valence-corrected chi connectivity index (χ0v) is 17.3. The number of nitrogens with one attached hydrogen (secondary N) is 1. The fourth-order valence-corrected chi connectivity index (χ4v) is 4.35. The predicted molar refractivity (Wildman–Crippen MR) is 123 cm³/mol.